The van der Waals surface area contributed by atoms with Gasteiger partial charge >= 0.3 is 10.1 Å². The SMILES string of the molecule is CN(C(=O)CN1CCCC1)c1ccc(-c2cnc3[nH]c4ccc(OS(=O)(=O)c5ccccc5)cc4c3c2-c2ccccc2)cc1. The molecule has 0 aliphatic carbocycles. The number of fused-ring (bicyclic) bond motifs is 3. The quantitative estimate of drug-likeness (QED) is 0.188. The van der Waals surface area contributed by atoms with Gasteiger partial charge in [-0.1, -0.05) is 60.7 Å². The molecule has 8 nitrogen and oxygen atoms in total. The first-order valence-corrected chi connectivity index (χ1v) is 16.4. The topological polar surface area (TPSA) is 95.6 Å². The second-order valence-corrected chi connectivity index (χ2v) is 12.8. The highest BCUT2D eigenvalue weighted by Gasteiger charge is 2.22. The molecule has 226 valence electrons. The Morgan fingerprint density at radius 3 is 2.29 bits per heavy atom. The highest BCUT2D eigenvalue weighted by Crippen LogP contribution is 2.41. The Kier molecular flexibility index (Phi) is 7.56. The minimum absolute atomic E-state index is 0.0730. The van der Waals surface area contributed by atoms with Crippen molar-refractivity contribution in [3.05, 3.63) is 109 Å². The van der Waals surface area contributed by atoms with Gasteiger partial charge in [0.25, 0.3) is 0 Å². The van der Waals surface area contributed by atoms with Crippen LogP contribution in [0.5, 0.6) is 5.75 Å². The summed E-state index contributed by atoms with van der Waals surface area (Å²) in [6.45, 7) is 2.37. The van der Waals surface area contributed by atoms with Crippen LogP contribution in [0.2, 0.25) is 0 Å². The largest absolute Gasteiger partial charge is 0.379 e. The van der Waals surface area contributed by atoms with Crippen molar-refractivity contribution in [1.29, 1.82) is 0 Å². The third-order valence-corrected chi connectivity index (χ3v) is 9.65. The number of hydrogen-bond acceptors (Lipinski definition) is 6. The van der Waals surface area contributed by atoms with Crippen molar-refractivity contribution in [2.24, 2.45) is 0 Å². The molecule has 1 N–H and O–H groups in total. The van der Waals surface area contributed by atoms with E-state index in [1.54, 1.807) is 35.2 Å². The van der Waals surface area contributed by atoms with Gasteiger partial charge in [0.15, 0.2) is 0 Å². The summed E-state index contributed by atoms with van der Waals surface area (Å²) >= 11 is 0. The summed E-state index contributed by atoms with van der Waals surface area (Å²) in [6.07, 6.45) is 4.14. The van der Waals surface area contributed by atoms with E-state index >= 15 is 0 Å². The molecule has 0 radical (unpaired) electrons. The van der Waals surface area contributed by atoms with E-state index < -0.39 is 10.1 Å². The predicted octanol–water partition coefficient (Wildman–Crippen LogP) is 6.88. The maximum absolute atomic E-state index is 13.0. The maximum Gasteiger partial charge on any atom is 0.339 e. The number of benzene rings is 4. The summed E-state index contributed by atoms with van der Waals surface area (Å²) in [5.74, 6) is 0.284. The van der Waals surface area contributed by atoms with Gasteiger partial charge in [-0.15, -0.1) is 0 Å². The first kappa shape index (κ1) is 28.8. The number of nitrogens with zero attached hydrogens (tertiary/aromatic N) is 3. The standard InChI is InChI=1S/C36H32N4O4S/c1-39(33(41)24-40-20-8-9-21-40)27-16-14-25(15-17-27)31-23-37-36-35(34(31)26-10-4-2-5-11-26)30-22-28(18-19-32(30)38-36)44-45(42,43)29-12-6-3-7-13-29/h2-7,10-19,22-23H,8-9,20-21,24H2,1H3,(H,37,38). The normalized spacial score (nSPS) is 13.8. The number of hydrogen-bond donors (Lipinski definition) is 1. The lowest BCUT2D eigenvalue weighted by molar-refractivity contribution is -0.119. The van der Waals surface area contributed by atoms with E-state index in [1.807, 2.05) is 61.8 Å². The number of nitrogens with one attached hydrogen (secondary N) is 1. The van der Waals surface area contributed by atoms with E-state index in [0.29, 0.717) is 12.2 Å². The van der Waals surface area contributed by atoms with E-state index in [-0.39, 0.29) is 16.6 Å². The Labute approximate surface area is 262 Å². The van der Waals surface area contributed by atoms with Crippen molar-refractivity contribution in [1.82, 2.24) is 14.9 Å². The first-order valence-electron chi connectivity index (χ1n) is 15.0. The number of likely N-dealkylation sites (tertiary alicyclic amines) is 1. The molecule has 1 fully saturated rings. The van der Waals surface area contributed by atoms with Crippen LogP contribution in [0.3, 0.4) is 0 Å². The van der Waals surface area contributed by atoms with Gasteiger partial charge in [0.2, 0.25) is 5.91 Å². The molecular weight excluding hydrogens is 584 g/mol. The van der Waals surface area contributed by atoms with Gasteiger partial charge in [-0.2, -0.15) is 8.42 Å². The monoisotopic (exact) mass is 616 g/mol. The van der Waals surface area contributed by atoms with Crippen LogP contribution < -0.4 is 9.08 Å². The minimum Gasteiger partial charge on any atom is -0.379 e. The van der Waals surface area contributed by atoms with Crippen molar-refractivity contribution in [3.63, 3.8) is 0 Å². The van der Waals surface area contributed by atoms with Crippen LogP contribution in [0.15, 0.2) is 114 Å². The van der Waals surface area contributed by atoms with Crippen molar-refractivity contribution >= 4 is 43.6 Å². The first-order chi connectivity index (χ1) is 21.9. The molecule has 45 heavy (non-hydrogen) atoms. The Morgan fingerprint density at radius 1 is 0.889 bits per heavy atom. The van der Waals surface area contributed by atoms with E-state index in [4.69, 9.17) is 9.17 Å². The zero-order chi connectivity index (χ0) is 31.0. The number of likely N-dealkylation sites (N-methyl/N-ethyl adjacent to an activating group) is 1. The predicted molar refractivity (Wildman–Crippen MR) is 178 cm³/mol. The van der Waals surface area contributed by atoms with Crippen molar-refractivity contribution in [3.8, 4) is 28.0 Å². The van der Waals surface area contributed by atoms with Crippen LogP contribution in [0.4, 0.5) is 5.69 Å². The lowest BCUT2D eigenvalue weighted by Crippen LogP contribution is -2.37. The number of amides is 1. The van der Waals surface area contributed by atoms with Gasteiger partial charge in [0.05, 0.1) is 6.54 Å². The fourth-order valence-corrected chi connectivity index (χ4v) is 6.96. The van der Waals surface area contributed by atoms with E-state index in [0.717, 1.165) is 70.2 Å². The zero-order valence-electron chi connectivity index (χ0n) is 24.8. The second-order valence-electron chi connectivity index (χ2n) is 11.3. The maximum atomic E-state index is 13.0. The molecule has 0 bridgehead atoms. The molecule has 0 spiro atoms. The molecule has 1 aliphatic heterocycles. The average molecular weight is 617 g/mol. The van der Waals surface area contributed by atoms with Crippen LogP contribution in [-0.4, -0.2) is 55.9 Å². The van der Waals surface area contributed by atoms with Gasteiger partial charge < -0.3 is 14.1 Å². The van der Waals surface area contributed by atoms with Crippen molar-refractivity contribution in [2.45, 2.75) is 17.7 Å². The molecule has 1 amide bonds. The summed E-state index contributed by atoms with van der Waals surface area (Å²) in [5, 5.41) is 1.65. The van der Waals surface area contributed by atoms with Gasteiger partial charge in [-0.25, -0.2) is 4.98 Å². The number of H-pyrrole nitrogens is 1. The van der Waals surface area contributed by atoms with Crippen molar-refractivity contribution < 1.29 is 17.4 Å². The number of aromatic nitrogens is 2. The Bertz CT molecular complexity index is 2110. The summed E-state index contributed by atoms with van der Waals surface area (Å²) in [7, 11) is -2.19. The number of rotatable bonds is 8. The van der Waals surface area contributed by atoms with Crippen LogP contribution in [0, 0.1) is 0 Å². The Morgan fingerprint density at radius 2 is 1.58 bits per heavy atom. The minimum atomic E-state index is -4.01. The van der Waals surface area contributed by atoms with Gasteiger partial charge in [-0.05, 0) is 79.5 Å². The van der Waals surface area contributed by atoms with Crippen LogP contribution in [0.1, 0.15) is 12.8 Å². The fraction of sp³-hybridized carbons (Fsp3) is 0.167. The molecule has 1 saturated heterocycles. The van der Waals surface area contributed by atoms with Crippen LogP contribution in [-0.2, 0) is 14.9 Å². The van der Waals surface area contributed by atoms with E-state index in [9.17, 15) is 13.2 Å². The molecule has 9 heteroatoms. The van der Waals surface area contributed by atoms with Crippen molar-refractivity contribution in [2.75, 3.05) is 31.6 Å². The number of pyridine rings is 1. The number of anilines is 1. The summed E-state index contributed by atoms with van der Waals surface area (Å²) < 4.78 is 31.6. The number of carbonyl (C=O) groups is 1. The molecule has 0 saturated carbocycles. The number of carbonyl (C=O) groups excluding carboxylic acids is 1. The van der Waals surface area contributed by atoms with E-state index in [1.165, 1.54) is 12.1 Å². The smallest absolute Gasteiger partial charge is 0.339 e. The third kappa shape index (κ3) is 5.68. The summed E-state index contributed by atoms with van der Waals surface area (Å²) in [5.41, 5.74) is 6.12. The molecule has 3 heterocycles. The Hall–Kier alpha value is -4.99. The van der Waals surface area contributed by atoms with E-state index in [2.05, 4.69) is 22.0 Å². The molecule has 2 aromatic heterocycles. The average Bonchev–Trinajstić information content (AvgIpc) is 3.72. The molecular formula is C36H32N4O4S. The van der Waals surface area contributed by atoms with Crippen LogP contribution >= 0.6 is 0 Å². The summed E-state index contributed by atoms with van der Waals surface area (Å²) in [4.78, 5) is 25.1. The lowest BCUT2D eigenvalue weighted by Gasteiger charge is -2.21. The molecule has 7 rings (SSSR count). The molecule has 4 aromatic carbocycles. The highest BCUT2D eigenvalue weighted by molar-refractivity contribution is 7.87. The fourth-order valence-electron chi connectivity index (χ4n) is 6.02. The van der Waals surface area contributed by atoms with Gasteiger partial charge in [-0.3, -0.25) is 9.69 Å². The van der Waals surface area contributed by atoms with Gasteiger partial charge in [0, 0.05) is 46.3 Å². The molecule has 1 aliphatic rings. The highest BCUT2D eigenvalue weighted by atomic mass is 32.2. The molecule has 0 unspecified atom stereocenters. The van der Waals surface area contributed by atoms with Crippen LogP contribution in [0.25, 0.3) is 44.2 Å². The Balaban J connectivity index is 1.30. The number of aromatic amines is 1. The molecule has 6 aromatic rings. The third-order valence-electron chi connectivity index (χ3n) is 8.39. The second kappa shape index (κ2) is 11.8. The summed E-state index contributed by atoms with van der Waals surface area (Å²) in [6, 6.07) is 31.3. The molecule has 0 atom stereocenters. The van der Waals surface area contributed by atoms with Gasteiger partial charge in [0.1, 0.15) is 16.3 Å². The lowest BCUT2D eigenvalue weighted by atomic mass is 9.92. The zero-order valence-corrected chi connectivity index (χ0v) is 25.6.